The molecule has 0 heterocycles. The molecule has 26 heavy (non-hydrogen) atoms. The monoisotopic (exact) mass is 363 g/mol. The van der Waals surface area contributed by atoms with E-state index in [2.05, 4.69) is 38.1 Å². The van der Waals surface area contributed by atoms with E-state index in [0.717, 1.165) is 25.7 Å². The molecule has 0 aromatic rings. The first-order valence-electron chi connectivity index (χ1n) is 10.9. The van der Waals surface area contributed by atoms with Gasteiger partial charge in [-0.05, 0) is 71.0 Å². The lowest BCUT2D eigenvalue weighted by atomic mass is 9.88. The van der Waals surface area contributed by atoms with Gasteiger partial charge >= 0.3 is 0 Å². The number of rotatable bonds is 12. The fraction of sp³-hybridized carbons (Fsp3) is 0.826. The van der Waals surface area contributed by atoms with E-state index in [-0.39, 0.29) is 18.1 Å². The minimum atomic E-state index is -0.349. The Balaban J connectivity index is 1.74. The number of aliphatic hydroxyl groups is 2. The van der Waals surface area contributed by atoms with Crippen LogP contribution in [0.3, 0.4) is 0 Å². The molecule has 0 aliphatic heterocycles. The van der Waals surface area contributed by atoms with Crippen LogP contribution in [0.2, 0.25) is 0 Å². The third kappa shape index (κ3) is 6.83. The predicted octanol–water partition coefficient (Wildman–Crippen LogP) is 4.55. The van der Waals surface area contributed by atoms with Gasteiger partial charge in [0, 0.05) is 5.92 Å². The second kappa shape index (κ2) is 11.3. The van der Waals surface area contributed by atoms with E-state index in [1.807, 2.05) is 6.08 Å². The highest BCUT2D eigenvalue weighted by Gasteiger charge is 2.43. The Kier molecular flexibility index (Phi) is 9.38. The molecule has 0 saturated heterocycles. The minimum absolute atomic E-state index is 0.225. The van der Waals surface area contributed by atoms with Crippen molar-refractivity contribution < 1.29 is 10.2 Å². The molecule has 2 aliphatic rings. The van der Waals surface area contributed by atoms with Gasteiger partial charge in [-0.25, -0.2) is 0 Å². The van der Waals surface area contributed by atoms with Gasteiger partial charge in [0.2, 0.25) is 0 Å². The second-order valence-electron chi connectivity index (χ2n) is 8.80. The molecular weight excluding hydrogens is 322 g/mol. The predicted molar refractivity (Wildman–Crippen MR) is 110 cm³/mol. The van der Waals surface area contributed by atoms with E-state index in [0.29, 0.717) is 11.8 Å². The quantitative estimate of drug-likeness (QED) is 0.395. The summed E-state index contributed by atoms with van der Waals surface area (Å²) in [7, 11) is 4.28. The molecular formula is C23H41NO2. The zero-order chi connectivity index (χ0) is 18.9. The zero-order valence-corrected chi connectivity index (χ0v) is 17.2. The molecule has 0 unspecified atom stereocenters. The summed E-state index contributed by atoms with van der Waals surface area (Å²) in [5.41, 5.74) is 1.61. The maximum absolute atomic E-state index is 10.4. The topological polar surface area (TPSA) is 43.7 Å². The van der Waals surface area contributed by atoms with Crippen LogP contribution < -0.4 is 0 Å². The summed E-state index contributed by atoms with van der Waals surface area (Å²) >= 11 is 0. The first-order valence-corrected chi connectivity index (χ1v) is 10.9. The van der Waals surface area contributed by atoms with Crippen LogP contribution in [0, 0.1) is 17.8 Å². The van der Waals surface area contributed by atoms with Crippen LogP contribution in [0.5, 0.6) is 0 Å². The number of unbranched alkanes of at least 4 members (excludes halogenated alkanes) is 4. The summed E-state index contributed by atoms with van der Waals surface area (Å²) < 4.78 is 0. The molecule has 0 bridgehead atoms. The Labute approximate surface area is 161 Å². The molecule has 0 aromatic carbocycles. The molecule has 2 rings (SSSR count). The molecule has 1 saturated carbocycles. The summed E-state index contributed by atoms with van der Waals surface area (Å²) in [6, 6.07) is 0. The van der Waals surface area contributed by atoms with Crippen molar-refractivity contribution in [2.75, 3.05) is 20.6 Å². The van der Waals surface area contributed by atoms with Crippen molar-refractivity contribution in [2.24, 2.45) is 17.8 Å². The smallest absolute Gasteiger partial charge is 0.0721 e. The molecule has 150 valence electrons. The van der Waals surface area contributed by atoms with Gasteiger partial charge in [0.15, 0.2) is 0 Å². The van der Waals surface area contributed by atoms with Crippen LogP contribution in [-0.2, 0) is 0 Å². The third-order valence-electron chi connectivity index (χ3n) is 6.21. The van der Waals surface area contributed by atoms with E-state index in [4.69, 9.17) is 0 Å². The lowest BCUT2D eigenvalue weighted by Crippen LogP contribution is -2.18. The van der Waals surface area contributed by atoms with Crippen LogP contribution in [0.1, 0.15) is 71.1 Å². The molecule has 3 nitrogen and oxygen atoms in total. The Hall–Kier alpha value is -0.640. The van der Waals surface area contributed by atoms with Crippen molar-refractivity contribution in [1.29, 1.82) is 0 Å². The highest BCUT2D eigenvalue weighted by atomic mass is 16.3. The number of fused-ring (bicyclic) bond motifs is 1. The van der Waals surface area contributed by atoms with Gasteiger partial charge in [-0.3, -0.25) is 0 Å². The molecule has 2 aliphatic carbocycles. The zero-order valence-electron chi connectivity index (χ0n) is 17.2. The Morgan fingerprint density at radius 1 is 1.19 bits per heavy atom. The van der Waals surface area contributed by atoms with Crippen molar-refractivity contribution in [3.63, 3.8) is 0 Å². The first-order chi connectivity index (χ1) is 12.5. The average molecular weight is 364 g/mol. The summed E-state index contributed by atoms with van der Waals surface area (Å²) in [5, 5.41) is 20.6. The Morgan fingerprint density at radius 2 is 2.00 bits per heavy atom. The Bertz CT molecular complexity index is 457. The van der Waals surface area contributed by atoms with Gasteiger partial charge in [0.05, 0.1) is 12.2 Å². The van der Waals surface area contributed by atoms with Gasteiger partial charge < -0.3 is 15.1 Å². The fourth-order valence-corrected chi connectivity index (χ4v) is 4.70. The van der Waals surface area contributed by atoms with Crippen LogP contribution in [0.15, 0.2) is 23.8 Å². The van der Waals surface area contributed by atoms with Crippen LogP contribution >= 0.6 is 0 Å². The molecule has 3 heteroatoms. The number of hydrogen-bond donors (Lipinski definition) is 2. The molecule has 1 fully saturated rings. The van der Waals surface area contributed by atoms with Gasteiger partial charge in [0.1, 0.15) is 0 Å². The van der Waals surface area contributed by atoms with Gasteiger partial charge in [0.25, 0.3) is 0 Å². The standard InChI is InChI=1S/C23H41NO2/c1-4-5-7-11-20(25)12-13-21-22-16-18(15-19(22)17-23(21)26)10-8-6-9-14-24(2)3/h12-13,15,19-23,25-26H,4-11,14,16-17H2,1-3H3/b13-12+/t19-,20-,21+,22-,23+/m0/s1. The van der Waals surface area contributed by atoms with Crippen LogP contribution in [0.4, 0.5) is 0 Å². The highest BCUT2D eigenvalue weighted by molar-refractivity contribution is 5.20. The molecule has 0 amide bonds. The molecule has 0 spiro atoms. The van der Waals surface area contributed by atoms with Gasteiger partial charge in [-0.1, -0.05) is 56.4 Å². The summed E-state index contributed by atoms with van der Waals surface area (Å²) in [5.74, 6) is 1.33. The maximum atomic E-state index is 10.4. The SMILES string of the molecule is CCCCC[C@H](O)/C=C/[C@@H]1[C@H]2CC(CCCCCN(C)C)=C[C@H]2C[C@H]1O. The summed E-state index contributed by atoms with van der Waals surface area (Å²) in [6.07, 6.45) is 17.4. The van der Waals surface area contributed by atoms with E-state index >= 15 is 0 Å². The Morgan fingerprint density at radius 3 is 2.73 bits per heavy atom. The molecule has 2 N–H and O–H groups in total. The minimum Gasteiger partial charge on any atom is -0.392 e. The van der Waals surface area contributed by atoms with E-state index in [1.54, 1.807) is 5.57 Å². The van der Waals surface area contributed by atoms with Crippen molar-refractivity contribution in [1.82, 2.24) is 4.90 Å². The number of nitrogens with zero attached hydrogens (tertiary/aromatic N) is 1. The third-order valence-corrected chi connectivity index (χ3v) is 6.21. The van der Waals surface area contributed by atoms with Crippen molar-refractivity contribution in [2.45, 2.75) is 83.3 Å². The normalized spacial score (nSPS) is 29.5. The first kappa shape index (κ1) is 21.7. The van der Waals surface area contributed by atoms with Crippen LogP contribution in [-0.4, -0.2) is 48.0 Å². The van der Waals surface area contributed by atoms with Crippen molar-refractivity contribution >= 4 is 0 Å². The second-order valence-corrected chi connectivity index (χ2v) is 8.80. The fourth-order valence-electron chi connectivity index (χ4n) is 4.70. The van der Waals surface area contributed by atoms with Crippen LogP contribution in [0.25, 0.3) is 0 Å². The largest absolute Gasteiger partial charge is 0.392 e. The summed E-state index contributed by atoms with van der Waals surface area (Å²) in [6.45, 7) is 3.37. The lowest BCUT2D eigenvalue weighted by molar-refractivity contribution is 0.139. The maximum Gasteiger partial charge on any atom is 0.0721 e. The van der Waals surface area contributed by atoms with Gasteiger partial charge in [-0.15, -0.1) is 0 Å². The molecule has 0 radical (unpaired) electrons. The van der Waals surface area contributed by atoms with Crippen molar-refractivity contribution in [3.8, 4) is 0 Å². The summed E-state index contributed by atoms with van der Waals surface area (Å²) in [4.78, 5) is 2.26. The van der Waals surface area contributed by atoms with Crippen molar-refractivity contribution in [3.05, 3.63) is 23.8 Å². The molecule has 5 atom stereocenters. The van der Waals surface area contributed by atoms with E-state index in [9.17, 15) is 10.2 Å². The van der Waals surface area contributed by atoms with E-state index in [1.165, 1.54) is 45.1 Å². The number of allylic oxidation sites excluding steroid dienone is 2. The lowest BCUT2D eigenvalue weighted by Gasteiger charge is -2.19. The van der Waals surface area contributed by atoms with Gasteiger partial charge in [-0.2, -0.15) is 0 Å². The highest BCUT2D eigenvalue weighted by Crippen LogP contribution is 2.48. The number of hydrogen-bond acceptors (Lipinski definition) is 3. The molecule has 0 aromatic heterocycles. The average Bonchev–Trinajstić information content (AvgIpc) is 3.09. The number of aliphatic hydroxyl groups excluding tert-OH is 2. The van der Waals surface area contributed by atoms with E-state index < -0.39 is 0 Å².